The highest BCUT2D eigenvalue weighted by molar-refractivity contribution is 7.22. The van der Waals surface area contributed by atoms with E-state index in [4.69, 9.17) is 4.74 Å². The van der Waals surface area contributed by atoms with Crippen LogP contribution in [0, 0.1) is 6.92 Å². The van der Waals surface area contributed by atoms with Crippen LogP contribution in [0.4, 0.5) is 5.13 Å². The minimum absolute atomic E-state index is 0.131. The third-order valence-corrected chi connectivity index (χ3v) is 7.90. The molecule has 2 aliphatic heterocycles. The number of para-hydroxylation sites is 1. The molecule has 0 fully saturated rings. The van der Waals surface area contributed by atoms with Gasteiger partial charge in [-0.05, 0) is 53.9 Å². The topological polar surface area (TPSA) is 87.1 Å². The van der Waals surface area contributed by atoms with Crippen molar-refractivity contribution in [3.05, 3.63) is 101 Å². The molecule has 3 aromatic carbocycles. The van der Waals surface area contributed by atoms with Crippen molar-refractivity contribution in [3.63, 3.8) is 0 Å². The molecule has 0 aliphatic carbocycles. The monoisotopic (exact) mass is 537 g/mol. The average Bonchev–Trinajstić information content (AvgIpc) is 3.53. The molecule has 0 unspecified atom stereocenters. The zero-order chi connectivity index (χ0) is 26.9. The van der Waals surface area contributed by atoms with Crippen LogP contribution >= 0.6 is 11.3 Å². The number of ether oxygens (including phenoxy) is 1. The molecule has 196 valence electrons. The van der Waals surface area contributed by atoms with Gasteiger partial charge in [-0.15, -0.1) is 0 Å². The van der Waals surface area contributed by atoms with Crippen LogP contribution in [0.2, 0.25) is 0 Å². The second kappa shape index (κ2) is 10.3. The number of nitrogens with one attached hydrogen (secondary N) is 1. The summed E-state index contributed by atoms with van der Waals surface area (Å²) in [4.78, 5) is 32.6. The lowest BCUT2D eigenvalue weighted by Gasteiger charge is -2.25. The van der Waals surface area contributed by atoms with Crippen LogP contribution in [0.3, 0.4) is 0 Å². The number of benzene rings is 3. The standard InChI is InChI=1S/C30H27N5O3S/c1-19-7-8-21(15-26(19)38-2)16-31-28(36)22-11-9-20(10-12-22)17-34-14-13-24-23(18-34)29(37)35(33-24)30-32-25-5-3-4-6-27(25)39-30/h3-12,15,18H,13-14,16-17H2,1-2H3,(H,31,36). The van der Waals surface area contributed by atoms with Crippen molar-refractivity contribution in [2.24, 2.45) is 5.10 Å². The fourth-order valence-corrected chi connectivity index (χ4v) is 5.64. The Morgan fingerprint density at radius 3 is 2.67 bits per heavy atom. The molecule has 39 heavy (non-hydrogen) atoms. The van der Waals surface area contributed by atoms with E-state index >= 15 is 0 Å². The van der Waals surface area contributed by atoms with Gasteiger partial charge in [0, 0.05) is 37.8 Å². The Bertz CT molecular complexity index is 1610. The van der Waals surface area contributed by atoms with E-state index in [0.29, 0.717) is 35.8 Å². The minimum atomic E-state index is -0.146. The summed E-state index contributed by atoms with van der Waals surface area (Å²) in [5.41, 5.74) is 5.97. The van der Waals surface area contributed by atoms with Crippen LogP contribution in [0.1, 0.15) is 33.5 Å². The molecule has 0 radical (unpaired) electrons. The molecule has 9 heteroatoms. The van der Waals surface area contributed by atoms with Crippen LogP contribution < -0.4 is 15.1 Å². The average molecular weight is 538 g/mol. The van der Waals surface area contributed by atoms with Crippen LogP contribution in [0.25, 0.3) is 10.2 Å². The first-order valence-electron chi connectivity index (χ1n) is 12.7. The highest BCUT2D eigenvalue weighted by Gasteiger charge is 2.35. The summed E-state index contributed by atoms with van der Waals surface area (Å²) in [5.74, 6) is 0.529. The molecule has 1 aromatic heterocycles. The number of anilines is 1. The number of nitrogens with zero attached hydrogens (tertiary/aromatic N) is 4. The molecule has 6 rings (SSSR count). The molecule has 2 aliphatic rings. The Morgan fingerprint density at radius 1 is 1.08 bits per heavy atom. The van der Waals surface area contributed by atoms with E-state index in [0.717, 1.165) is 44.9 Å². The van der Waals surface area contributed by atoms with Gasteiger partial charge in [-0.25, -0.2) is 4.98 Å². The molecule has 0 bridgehead atoms. The first-order chi connectivity index (χ1) is 19.0. The van der Waals surface area contributed by atoms with Gasteiger partial charge in [0.15, 0.2) is 0 Å². The summed E-state index contributed by atoms with van der Waals surface area (Å²) in [6.07, 6.45) is 2.58. The number of thiazole rings is 1. The minimum Gasteiger partial charge on any atom is -0.496 e. The molecule has 0 spiro atoms. The number of methoxy groups -OCH3 is 1. The van der Waals surface area contributed by atoms with Gasteiger partial charge in [0.1, 0.15) is 5.75 Å². The Hall–Kier alpha value is -4.50. The number of hydrogen-bond donors (Lipinski definition) is 1. The fraction of sp³-hybridized carbons (Fsp3) is 0.200. The smallest absolute Gasteiger partial charge is 0.284 e. The number of rotatable bonds is 7. The van der Waals surface area contributed by atoms with E-state index in [1.54, 1.807) is 7.11 Å². The maximum absolute atomic E-state index is 13.2. The molecule has 0 saturated carbocycles. The number of carbonyl (C=O) groups is 2. The summed E-state index contributed by atoms with van der Waals surface area (Å²) in [5, 5.41) is 9.57. The molecule has 3 heterocycles. The maximum atomic E-state index is 13.2. The number of carbonyl (C=O) groups excluding carboxylic acids is 2. The van der Waals surface area contributed by atoms with Crippen molar-refractivity contribution in [2.45, 2.75) is 26.4 Å². The van der Waals surface area contributed by atoms with Crippen LogP contribution in [0.15, 0.2) is 83.6 Å². The van der Waals surface area contributed by atoms with E-state index in [-0.39, 0.29) is 11.8 Å². The van der Waals surface area contributed by atoms with Gasteiger partial charge in [0.05, 0.1) is 28.6 Å². The van der Waals surface area contributed by atoms with Crippen molar-refractivity contribution in [1.29, 1.82) is 0 Å². The lowest BCUT2D eigenvalue weighted by molar-refractivity contribution is -0.114. The lowest BCUT2D eigenvalue weighted by Crippen LogP contribution is -2.29. The van der Waals surface area contributed by atoms with Crippen molar-refractivity contribution < 1.29 is 14.3 Å². The van der Waals surface area contributed by atoms with E-state index in [9.17, 15) is 9.59 Å². The third kappa shape index (κ3) is 5.00. The highest BCUT2D eigenvalue weighted by Crippen LogP contribution is 2.33. The summed E-state index contributed by atoms with van der Waals surface area (Å²) in [6, 6.07) is 21.3. The highest BCUT2D eigenvalue weighted by atomic mass is 32.1. The molecule has 2 amide bonds. The first kappa shape index (κ1) is 24.8. The van der Waals surface area contributed by atoms with Gasteiger partial charge in [-0.2, -0.15) is 10.1 Å². The van der Waals surface area contributed by atoms with E-state index in [1.807, 2.05) is 79.9 Å². The Labute approximate surface area is 230 Å². The fourth-order valence-electron chi connectivity index (χ4n) is 4.73. The van der Waals surface area contributed by atoms with Crippen molar-refractivity contribution in [1.82, 2.24) is 15.2 Å². The summed E-state index contributed by atoms with van der Waals surface area (Å²) >= 11 is 1.46. The number of amides is 2. The van der Waals surface area contributed by atoms with Crippen molar-refractivity contribution in [3.8, 4) is 5.75 Å². The quantitative estimate of drug-likeness (QED) is 0.357. The van der Waals surface area contributed by atoms with Gasteiger partial charge in [0.2, 0.25) is 5.13 Å². The van der Waals surface area contributed by atoms with Crippen LogP contribution in [0.5, 0.6) is 5.75 Å². The van der Waals surface area contributed by atoms with Gasteiger partial charge in [0.25, 0.3) is 11.8 Å². The lowest BCUT2D eigenvalue weighted by atomic mass is 10.0. The van der Waals surface area contributed by atoms with E-state index < -0.39 is 0 Å². The van der Waals surface area contributed by atoms with Gasteiger partial charge < -0.3 is 15.0 Å². The van der Waals surface area contributed by atoms with E-state index in [1.165, 1.54) is 16.3 Å². The molecule has 0 saturated heterocycles. The van der Waals surface area contributed by atoms with Crippen molar-refractivity contribution in [2.75, 3.05) is 18.7 Å². The second-order valence-corrected chi connectivity index (χ2v) is 10.6. The summed E-state index contributed by atoms with van der Waals surface area (Å²) in [6.45, 7) is 3.80. The number of aromatic nitrogens is 1. The Balaban J connectivity index is 1.08. The van der Waals surface area contributed by atoms with Gasteiger partial charge in [-0.1, -0.05) is 47.7 Å². The van der Waals surface area contributed by atoms with Gasteiger partial charge >= 0.3 is 0 Å². The molecular formula is C30H27N5O3S. The predicted octanol–water partition coefficient (Wildman–Crippen LogP) is 5.04. The third-order valence-electron chi connectivity index (χ3n) is 6.89. The largest absolute Gasteiger partial charge is 0.496 e. The van der Waals surface area contributed by atoms with Crippen LogP contribution in [-0.4, -0.2) is 41.1 Å². The zero-order valence-electron chi connectivity index (χ0n) is 21.7. The van der Waals surface area contributed by atoms with Crippen LogP contribution in [-0.2, 0) is 17.9 Å². The predicted molar refractivity (Wildman–Crippen MR) is 153 cm³/mol. The normalized spacial score (nSPS) is 14.8. The molecule has 8 nitrogen and oxygen atoms in total. The second-order valence-electron chi connectivity index (χ2n) is 9.57. The Morgan fingerprint density at radius 2 is 1.87 bits per heavy atom. The van der Waals surface area contributed by atoms with E-state index in [2.05, 4.69) is 20.3 Å². The summed E-state index contributed by atoms with van der Waals surface area (Å²) in [7, 11) is 1.64. The maximum Gasteiger partial charge on any atom is 0.284 e. The molecule has 0 atom stereocenters. The number of fused-ring (bicyclic) bond motifs is 2. The zero-order valence-corrected chi connectivity index (χ0v) is 22.5. The number of hydrogen-bond acceptors (Lipinski definition) is 7. The Kier molecular flexibility index (Phi) is 6.58. The number of hydrazone groups is 1. The number of aryl methyl sites for hydroxylation is 1. The summed E-state index contributed by atoms with van der Waals surface area (Å²) < 4.78 is 6.39. The SMILES string of the molecule is COc1cc(CNC(=O)c2ccc(CN3C=C4C(=O)N(c5nc6ccccc6s5)N=C4CC3)cc2)ccc1C. The first-order valence-corrected chi connectivity index (χ1v) is 13.5. The van der Waals surface area contributed by atoms with Gasteiger partial charge in [-0.3, -0.25) is 9.59 Å². The van der Waals surface area contributed by atoms with Crippen molar-refractivity contribution >= 4 is 44.2 Å². The molecule has 1 N–H and O–H groups in total. The molecular weight excluding hydrogens is 510 g/mol. The molecule has 4 aromatic rings.